The van der Waals surface area contributed by atoms with Crippen LogP contribution in [0.2, 0.25) is 0 Å². The minimum atomic E-state index is -0.490. The molecule has 1 saturated carbocycles. The molecule has 0 amide bonds. The maximum Gasteiger partial charge on any atom is 0.231 e. The lowest BCUT2D eigenvalue weighted by Gasteiger charge is -2.22. The molecule has 0 aromatic heterocycles. The lowest BCUT2D eigenvalue weighted by atomic mass is 10.0. The Balaban J connectivity index is 1.54. The van der Waals surface area contributed by atoms with Crippen molar-refractivity contribution in [1.29, 1.82) is 0 Å². The first-order valence-electron chi connectivity index (χ1n) is 6.57. The average molecular weight is 249 g/mol. The van der Waals surface area contributed by atoms with E-state index in [1.54, 1.807) is 0 Å². The van der Waals surface area contributed by atoms with E-state index in [2.05, 4.69) is 5.32 Å². The highest BCUT2D eigenvalue weighted by molar-refractivity contribution is 5.44. The van der Waals surface area contributed by atoms with E-state index in [-0.39, 0.29) is 0 Å². The van der Waals surface area contributed by atoms with Crippen LogP contribution in [-0.4, -0.2) is 24.0 Å². The summed E-state index contributed by atoms with van der Waals surface area (Å²) in [7, 11) is 0. The molecule has 0 spiro atoms. The number of hydrogen-bond donors (Lipinski definition) is 2. The van der Waals surface area contributed by atoms with Gasteiger partial charge in [-0.1, -0.05) is 18.9 Å². The zero-order chi connectivity index (χ0) is 12.4. The van der Waals surface area contributed by atoms with Crippen LogP contribution in [0.15, 0.2) is 18.2 Å². The molecule has 1 aromatic carbocycles. The van der Waals surface area contributed by atoms with Crippen LogP contribution in [0.5, 0.6) is 11.5 Å². The van der Waals surface area contributed by atoms with Crippen molar-refractivity contribution in [3.63, 3.8) is 0 Å². The van der Waals surface area contributed by atoms with Gasteiger partial charge in [-0.3, -0.25) is 0 Å². The van der Waals surface area contributed by atoms with Gasteiger partial charge < -0.3 is 19.9 Å². The quantitative estimate of drug-likeness (QED) is 0.854. The summed E-state index contributed by atoms with van der Waals surface area (Å²) in [6, 6.07) is 5.96. The number of rotatable bonds is 4. The molecule has 0 bridgehead atoms. The SMILES string of the molecule is OC1(CNCc2ccc3c(c2)OCO3)CCCC1. The van der Waals surface area contributed by atoms with Crippen LogP contribution in [0, 0.1) is 0 Å². The van der Waals surface area contributed by atoms with E-state index < -0.39 is 5.60 Å². The molecule has 98 valence electrons. The summed E-state index contributed by atoms with van der Waals surface area (Å²) in [6.45, 7) is 1.73. The first kappa shape index (κ1) is 11.8. The van der Waals surface area contributed by atoms with Crippen LogP contribution in [0.4, 0.5) is 0 Å². The minimum absolute atomic E-state index is 0.311. The van der Waals surface area contributed by atoms with Crippen molar-refractivity contribution in [2.75, 3.05) is 13.3 Å². The molecule has 0 atom stereocenters. The Labute approximate surface area is 107 Å². The van der Waals surface area contributed by atoms with Gasteiger partial charge in [0.05, 0.1) is 5.60 Å². The van der Waals surface area contributed by atoms with Crippen molar-refractivity contribution in [2.45, 2.75) is 37.8 Å². The van der Waals surface area contributed by atoms with Crippen molar-refractivity contribution >= 4 is 0 Å². The summed E-state index contributed by atoms with van der Waals surface area (Å²) in [6.07, 6.45) is 4.12. The molecule has 1 aliphatic carbocycles. The fourth-order valence-corrected chi connectivity index (χ4v) is 2.70. The topological polar surface area (TPSA) is 50.7 Å². The van der Waals surface area contributed by atoms with Gasteiger partial charge in [0, 0.05) is 13.1 Å². The third-order valence-corrected chi connectivity index (χ3v) is 3.75. The summed E-state index contributed by atoms with van der Waals surface area (Å²) < 4.78 is 10.6. The van der Waals surface area contributed by atoms with Crippen molar-refractivity contribution in [1.82, 2.24) is 5.32 Å². The maximum absolute atomic E-state index is 10.2. The Morgan fingerprint density at radius 1 is 1.17 bits per heavy atom. The molecule has 0 unspecified atom stereocenters. The molecule has 1 aromatic rings. The number of ether oxygens (including phenoxy) is 2. The minimum Gasteiger partial charge on any atom is -0.454 e. The average Bonchev–Trinajstić information content (AvgIpc) is 2.97. The first-order valence-corrected chi connectivity index (χ1v) is 6.57. The van der Waals surface area contributed by atoms with Gasteiger partial charge in [-0.05, 0) is 30.5 Å². The molecule has 1 aliphatic heterocycles. The number of nitrogens with one attached hydrogen (secondary N) is 1. The third-order valence-electron chi connectivity index (χ3n) is 3.75. The molecule has 3 rings (SSSR count). The highest BCUT2D eigenvalue weighted by Gasteiger charge is 2.30. The highest BCUT2D eigenvalue weighted by Crippen LogP contribution is 2.32. The zero-order valence-electron chi connectivity index (χ0n) is 10.4. The van der Waals surface area contributed by atoms with Gasteiger partial charge in [0.1, 0.15) is 0 Å². The summed E-state index contributed by atoms with van der Waals surface area (Å²) in [5, 5.41) is 13.5. The van der Waals surface area contributed by atoms with E-state index in [1.165, 1.54) is 0 Å². The van der Waals surface area contributed by atoms with Crippen LogP contribution in [0.1, 0.15) is 31.2 Å². The van der Waals surface area contributed by atoms with Crippen LogP contribution in [-0.2, 0) is 6.54 Å². The van der Waals surface area contributed by atoms with Crippen molar-refractivity contribution < 1.29 is 14.6 Å². The predicted octanol–water partition coefficient (Wildman–Crippen LogP) is 1.81. The maximum atomic E-state index is 10.2. The van der Waals surface area contributed by atoms with Crippen molar-refractivity contribution in [3.05, 3.63) is 23.8 Å². The largest absolute Gasteiger partial charge is 0.454 e. The molecule has 1 fully saturated rings. The lowest BCUT2D eigenvalue weighted by Crippen LogP contribution is -2.37. The number of benzene rings is 1. The lowest BCUT2D eigenvalue weighted by molar-refractivity contribution is 0.0475. The first-order chi connectivity index (χ1) is 8.75. The molecular weight excluding hydrogens is 230 g/mol. The smallest absolute Gasteiger partial charge is 0.231 e. The zero-order valence-corrected chi connectivity index (χ0v) is 10.4. The Morgan fingerprint density at radius 3 is 2.78 bits per heavy atom. The van der Waals surface area contributed by atoms with E-state index in [0.29, 0.717) is 13.3 Å². The molecular formula is C14H19NO3. The van der Waals surface area contributed by atoms with Crippen LogP contribution < -0.4 is 14.8 Å². The molecule has 2 aliphatic rings. The summed E-state index contributed by atoms with van der Waals surface area (Å²) in [4.78, 5) is 0. The predicted molar refractivity (Wildman–Crippen MR) is 67.7 cm³/mol. The number of fused-ring (bicyclic) bond motifs is 1. The van der Waals surface area contributed by atoms with Crippen molar-refractivity contribution in [2.24, 2.45) is 0 Å². The van der Waals surface area contributed by atoms with E-state index in [1.807, 2.05) is 18.2 Å². The van der Waals surface area contributed by atoms with E-state index >= 15 is 0 Å². The number of hydrogen-bond acceptors (Lipinski definition) is 4. The second-order valence-electron chi connectivity index (χ2n) is 5.22. The van der Waals surface area contributed by atoms with Gasteiger partial charge in [0.25, 0.3) is 0 Å². The van der Waals surface area contributed by atoms with Gasteiger partial charge >= 0.3 is 0 Å². The van der Waals surface area contributed by atoms with E-state index in [0.717, 1.165) is 49.3 Å². The molecule has 4 nitrogen and oxygen atoms in total. The number of aliphatic hydroxyl groups is 1. The molecule has 0 radical (unpaired) electrons. The standard InChI is InChI=1S/C14H19NO3/c16-14(5-1-2-6-14)9-15-8-11-3-4-12-13(7-11)18-10-17-12/h3-4,7,15-16H,1-2,5-6,8-10H2. The summed E-state index contributed by atoms with van der Waals surface area (Å²) in [5.41, 5.74) is 0.664. The molecule has 0 saturated heterocycles. The van der Waals surface area contributed by atoms with Gasteiger partial charge in [-0.15, -0.1) is 0 Å². The van der Waals surface area contributed by atoms with Gasteiger partial charge in [0.15, 0.2) is 11.5 Å². The van der Waals surface area contributed by atoms with Gasteiger partial charge in [-0.2, -0.15) is 0 Å². The summed E-state index contributed by atoms with van der Waals surface area (Å²) in [5.74, 6) is 1.63. The summed E-state index contributed by atoms with van der Waals surface area (Å²) >= 11 is 0. The monoisotopic (exact) mass is 249 g/mol. The fraction of sp³-hybridized carbons (Fsp3) is 0.571. The fourth-order valence-electron chi connectivity index (χ4n) is 2.70. The van der Waals surface area contributed by atoms with Gasteiger partial charge in [0.2, 0.25) is 6.79 Å². The Kier molecular flexibility index (Phi) is 3.14. The van der Waals surface area contributed by atoms with Crippen LogP contribution in [0.25, 0.3) is 0 Å². The normalized spacial score (nSPS) is 20.3. The molecule has 1 heterocycles. The molecule has 4 heteroatoms. The van der Waals surface area contributed by atoms with Crippen LogP contribution in [0.3, 0.4) is 0 Å². The van der Waals surface area contributed by atoms with Crippen LogP contribution >= 0.6 is 0 Å². The third kappa shape index (κ3) is 2.44. The molecule has 18 heavy (non-hydrogen) atoms. The Morgan fingerprint density at radius 2 is 1.94 bits per heavy atom. The Bertz CT molecular complexity index is 427. The van der Waals surface area contributed by atoms with E-state index in [4.69, 9.17) is 9.47 Å². The Hall–Kier alpha value is -1.26. The highest BCUT2D eigenvalue weighted by atomic mass is 16.7. The van der Waals surface area contributed by atoms with Crippen molar-refractivity contribution in [3.8, 4) is 11.5 Å². The molecule has 2 N–H and O–H groups in total. The van der Waals surface area contributed by atoms with Gasteiger partial charge in [-0.25, -0.2) is 0 Å². The second kappa shape index (κ2) is 4.78. The second-order valence-corrected chi connectivity index (χ2v) is 5.22. The van der Waals surface area contributed by atoms with E-state index in [9.17, 15) is 5.11 Å².